The molecule has 0 bridgehead atoms. The second-order valence-electron chi connectivity index (χ2n) is 3.12. The van der Waals surface area contributed by atoms with Gasteiger partial charge in [0.25, 0.3) is 0 Å². The molecule has 0 saturated heterocycles. The fourth-order valence-electron chi connectivity index (χ4n) is 1.21. The van der Waals surface area contributed by atoms with E-state index in [0.29, 0.717) is 11.1 Å². The van der Waals surface area contributed by atoms with Crippen LogP contribution in [-0.2, 0) is 0 Å². The number of nitrogens with zero attached hydrogens (tertiary/aromatic N) is 4. The van der Waals surface area contributed by atoms with Gasteiger partial charge in [-0.25, -0.2) is 9.97 Å². The fourth-order valence-corrected chi connectivity index (χ4v) is 1.39. The zero-order valence-corrected chi connectivity index (χ0v) is 8.15. The van der Waals surface area contributed by atoms with Gasteiger partial charge in [0.2, 0.25) is 0 Å². The number of hydrogen-bond donors (Lipinski definition) is 0. The van der Waals surface area contributed by atoms with Crippen LogP contribution < -0.4 is 0 Å². The van der Waals surface area contributed by atoms with Gasteiger partial charge < -0.3 is 0 Å². The molecule has 0 atom stereocenters. The Bertz CT molecular complexity index is 435. The number of imidazole rings is 1. The van der Waals surface area contributed by atoms with E-state index in [1.54, 1.807) is 10.7 Å². The van der Waals surface area contributed by atoms with Crippen LogP contribution in [0.15, 0.2) is 12.5 Å². The molecule has 0 fully saturated rings. The smallest absolute Gasteiger partial charge is 0.177 e. The molecule has 0 aliphatic carbocycles. The third kappa shape index (κ3) is 1.27. The van der Waals surface area contributed by atoms with E-state index in [1.807, 2.05) is 0 Å². The third-order valence-electron chi connectivity index (χ3n) is 1.84. The van der Waals surface area contributed by atoms with Crippen molar-refractivity contribution >= 4 is 17.2 Å². The lowest BCUT2D eigenvalue weighted by Crippen LogP contribution is -2.01. The highest BCUT2D eigenvalue weighted by Crippen LogP contribution is 2.18. The first-order chi connectivity index (χ1) is 6.20. The zero-order valence-electron chi connectivity index (χ0n) is 7.40. The van der Waals surface area contributed by atoms with Gasteiger partial charge in [-0.2, -0.15) is 9.61 Å². The van der Waals surface area contributed by atoms with E-state index < -0.39 is 0 Å². The summed E-state index contributed by atoms with van der Waals surface area (Å²) in [5.74, 6) is 0.323. The Morgan fingerprint density at radius 2 is 2.15 bits per heavy atom. The summed E-state index contributed by atoms with van der Waals surface area (Å²) in [5.41, 5.74) is 1.66. The first-order valence-corrected chi connectivity index (χ1v) is 4.42. The van der Waals surface area contributed by atoms with E-state index in [2.05, 4.69) is 28.9 Å². The molecule has 13 heavy (non-hydrogen) atoms. The summed E-state index contributed by atoms with van der Waals surface area (Å²) in [6.45, 7) is 4.12. The van der Waals surface area contributed by atoms with Crippen LogP contribution in [0.4, 0.5) is 0 Å². The van der Waals surface area contributed by atoms with Crippen molar-refractivity contribution in [1.29, 1.82) is 0 Å². The molecule has 0 unspecified atom stereocenters. The molecule has 0 saturated carbocycles. The highest BCUT2D eigenvalue weighted by Gasteiger charge is 2.10. The van der Waals surface area contributed by atoms with E-state index in [4.69, 9.17) is 11.6 Å². The molecule has 2 rings (SSSR count). The number of aromatic nitrogens is 4. The largest absolute Gasteiger partial charge is 0.235 e. The van der Waals surface area contributed by atoms with E-state index in [-0.39, 0.29) is 0 Å². The maximum atomic E-state index is 5.86. The second kappa shape index (κ2) is 2.96. The van der Waals surface area contributed by atoms with Crippen LogP contribution in [0, 0.1) is 0 Å². The molecule has 68 valence electrons. The van der Waals surface area contributed by atoms with Gasteiger partial charge >= 0.3 is 0 Å². The standard InChI is InChI=1S/C8H9ClN4/c1-5(2)7-8-10-3-6(9)13(8)12-4-11-7/h3-5H,1-2H3. The topological polar surface area (TPSA) is 43.1 Å². The first kappa shape index (κ1) is 8.44. The Labute approximate surface area is 80.6 Å². The summed E-state index contributed by atoms with van der Waals surface area (Å²) in [6, 6.07) is 0. The fraction of sp³-hybridized carbons (Fsp3) is 0.375. The molecule has 0 aromatic carbocycles. The van der Waals surface area contributed by atoms with Gasteiger partial charge in [-0.3, -0.25) is 0 Å². The average molecular weight is 197 g/mol. The van der Waals surface area contributed by atoms with Gasteiger partial charge in [-0.1, -0.05) is 25.4 Å². The molecule has 2 aromatic rings. The molecule has 2 heterocycles. The maximum absolute atomic E-state index is 5.86. The van der Waals surface area contributed by atoms with Crippen LogP contribution in [0.5, 0.6) is 0 Å². The van der Waals surface area contributed by atoms with Crippen LogP contribution >= 0.6 is 11.6 Å². The lowest BCUT2D eigenvalue weighted by atomic mass is 10.1. The van der Waals surface area contributed by atoms with E-state index in [1.165, 1.54) is 6.33 Å². The summed E-state index contributed by atoms with van der Waals surface area (Å²) in [6.07, 6.45) is 3.08. The quantitative estimate of drug-likeness (QED) is 0.700. The first-order valence-electron chi connectivity index (χ1n) is 4.04. The Morgan fingerprint density at radius 3 is 2.85 bits per heavy atom. The third-order valence-corrected chi connectivity index (χ3v) is 2.09. The van der Waals surface area contributed by atoms with Gasteiger partial charge in [0, 0.05) is 0 Å². The number of fused-ring (bicyclic) bond motifs is 1. The van der Waals surface area contributed by atoms with Gasteiger partial charge in [-0.05, 0) is 5.92 Å². The molecule has 0 radical (unpaired) electrons. The zero-order chi connectivity index (χ0) is 9.42. The minimum Gasteiger partial charge on any atom is -0.235 e. The molecule has 0 aliphatic rings. The highest BCUT2D eigenvalue weighted by molar-refractivity contribution is 6.29. The molecular weight excluding hydrogens is 188 g/mol. The van der Waals surface area contributed by atoms with Crippen molar-refractivity contribution in [3.63, 3.8) is 0 Å². The Morgan fingerprint density at radius 1 is 1.38 bits per heavy atom. The lowest BCUT2D eigenvalue weighted by molar-refractivity contribution is 0.781. The van der Waals surface area contributed by atoms with Crippen LogP contribution in [0.2, 0.25) is 5.15 Å². The van der Waals surface area contributed by atoms with Gasteiger partial charge in [0.05, 0.1) is 11.9 Å². The summed E-state index contributed by atoms with van der Waals surface area (Å²) >= 11 is 5.86. The lowest BCUT2D eigenvalue weighted by Gasteiger charge is -2.03. The van der Waals surface area contributed by atoms with E-state index in [9.17, 15) is 0 Å². The monoisotopic (exact) mass is 196 g/mol. The van der Waals surface area contributed by atoms with Crippen LogP contribution in [0.1, 0.15) is 25.5 Å². The van der Waals surface area contributed by atoms with Crippen molar-refractivity contribution in [2.45, 2.75) is 19.8 Å². The SMILES string of the molecule is CC(C)c1ncnn2c(Cl)cnc12. The molecule has 4 nitrogen and oxygen atoms in total. The van der Waals surface area contributed by atoms with Gasteiger partial charge in [0.15, 0.2) is 10.8 Å². The molecule has 0 N–H and O–H groups in total. The Kier molecular flexibility index (Phi) is 1.92. The van der Waals surface area contributed by atoms with Crippen LogP contribution in [0.3, 0.4) is 0 Å². The normalized spacial score (nSPS) is 11.4. The van der Waals surface area contributed by atoms with Crippen molar-refractivity contribution in [3.05, 3.63) is 23.4 Å². The summed E-state index contributed by atoms with van der Waals surface area (Å²) in [4.78, 5) is 8.31. The number of rotatable bonds is 1. The maximum Gasteiger partial charge on any atom is 0.177 e. The minimum absolute atomic E-state index is 0.323. The van der Waals surface area contributed by atoms with Gasteiger partial charge in [-0.15, -0.1) is 0 Å². The second-order valence-corrected chi connectivity index (χ2v) is 3.50. The molecule has 0 aliphatic heterocycles. The highest BCUT2D eigenvalue weighted by atomic mass is 35.5. The van der Waals surface area contributed by atoms with E-state index in [0.717, 1.165) is 11.3 Å². The Balaban J connectivity index is 2.77. The van der Waals surface area contributed by atoms with Crippen molar-refractivity contribution in [2.75, 3.05) is 0 Å². The van der Waals surface area contributed by atoms with Crippen molar-refractivity contribution in [2.24, 2.45) is 0 Å². The summed E-state index contributed by atoms with van der Waals surface area (Å²) < 4.78 is 1.59. The summed E-state index contributed by atoms with van der Waals surface area (Å²) in [5, 5.41) is 4.51. The molecule has 5 heteroatoms. The van der Waals surface area contributed by atoms with Crippen LogP contribution in [0.25, 0.3) is 5.65 Å². The van der Waals surface area contributed by atoms with Crippen molar-refractivity contribution < 1.29 is 0 Å². The van der Waals surface area contributed by atoms with Crippen molar-refractivity contribution in [3.8, 4) is 0 Å². The molecule has 0 spiro atoms. The number of halogens is 1. The minimum atomic E-state index is 0.323. The van der Waals surface area contributed by atoms with Gasteiger partial charge in [0.1, 0.15) is 6.33 Å². The predicted molar refractivity (Wildman–Crippen MR) is 49.9 cm³/mol. The average Bonchev–Trinajstić information content (AvgIpc) is 2.48. The predicted octanol–water partition coefficient (Wildman–Crippen LogP) is 1.90. The van der Waals surface area contributed by atoms with Crippen LogP contribution in [-0.4, -0.2) is 19.6 Å². The Hall–Kier alpha value is -1.16. The van der Waals surface area contributed by atoms with Crippen molar-refractivity contribution in [1.82, 2.24) is 19.6 Å². The number of hydrogen-bond acceptors (Lipinski definition) is 3. The van der Waals surface area contributed by atoms with E-state index >= 15 is 0 Å². The molecule has 2 aromatic heterocycles. The summed E-state index contributed by atoms with van der Waals surface area (Å²) in [7, 11) is 0. The molecular formula is C8H9ClN4. The molecule has 0 amide bonds.